The van der Waals surface area contributed by atoms with Gasteiger partial charge in [0, 0.05) is 12.4 Å². The third-order valence-electron chi connectivity index (χ3n) is 1.80. The normalized spacial score (nSPS) is 10.7. The zero-order valence-corrected chi connectivity index (χ0v) is 11.0. The molecule has 0 aromatic carbocycles. The first kappa shape index (κ1) is 11.5. The molecule has 3 rings (SSSR count). The second-order valence-corrected chi connectivity index (χ2v) is 5.33. The van der Waals surface area contributed by atoms with Crippen LogP contribution in [0.25, 0.3) is 5.95 Å². The molecule has 3 aromatic heterocycles. The predicted octanol–water partition coefficient (Wildman–Crippen LogP) is 1.71. The SMILES string of the molecule is Clc1nc(Sc2nncs2)nc(-n2cccn2)n1. The van der Waals surface area contributed by atoms with Gasteiger partial charge in [-0.15, -0.1) is 10.2 Å². The summed E-state index contributed by atoms with van der Waals surface area (Å²) in [6, 6.07) is 1.77. The fourth-order valence-electron chi connectivity index (χ4n) is 1.14. The molecule has 0 aliphatic rings. The molecular weight excluding hydrogens is 294 g/mol. The number of halogens is 1. The molecule has 10 heteroatoms. The van der Waals surface area contributed by atoms with Gasteiger partial charge in [-0.05, 0) is 29.4 Å². The zero-order chi connectivity index (χ0) is 12.4. The summed E-state index contributed by atoms with van der Waals surface area (Å²) < 4.78 is 2.25. The van der Waals surface area contributed by atoms with E-state index in [-0.39, 0.29) is 5.28 Å². The van der Waals surface area contributed by atoms with Gasteiger partial charge in [-0.25, -0.2) is 4.68 Å². The zero-order valence-electron chi connectivity index (χ0n) is 8.63. The van der Waals surface area contributed by atoms with Crippen molar-refractivity contribution in [3.05, 3.63) is 29.3 Å². The van der Waals surface area contributed by atoms with Crippen molar-refractivity contribution >= 4 is 34.7 Å². The largest absolute Gasteiger partial charge is 0.255 e. The van der Waals surface area contributed by atoms with Crippen LogP contribution in [0.1, 0.15) is 0 Å². The van der Waals surface area contributed by atoms with Gasteiger partial charge in [0.25, 0.3) is 5.95 Å². The van der Waals surface area contributed by atoms with Gasteiger partial charge in [-0.3, -0.25) is 0 Å². The smallest absolute Gasteiger partial charge is 0.206 e. The monoisotopic (exact) mass is 297 g/mol. The maximum Gasteiger partial charge on any atom is 0.255 e. The van der Waals surface area contributed by atoms with Crippen molar-refractivity contribution in [2.24, 2.45) is 0 Å². The Morgan fingerprint density at radius 1 is 1.28 bits per heavy atom. The van der Waals surface area contributed by atoms with Gasteiger partial charge in [-0.2, -0.15) is 20.1 Å². The maximum absolute atomic E-state index is 5.86. The summed E-state index contributed by atoms with van der Waals surface area (Å²) in [4.78, 5) is 12.3. The van der Waals surface area contributed by atoms with Crippen LogP contribution in [0, 0.1) is 0 Å². The summed E-state index contributed by atoms with van der Waals surface area (Å²) >= 11 is 8.54. The first-order valence-corrected chi connectivity index (χ1v) is 6.74. The number of hydrogen-bond acceptors (Lipinski definition) is 8. The van der Waals surface area contributed by atoms with Gasteiger partial charge in [0.05, 0.1) is 0 Å². The van der Waals surface area contributed by atoms with Crippen LogP contribution in [-0.4, -0.2) is 34.9 Å². The first-order valence-electron chi connectivity index (χ1n) is 4.67. The van der Waals surface area contributed by atoms with E-state index in [2.05, 4.69) is 30.2 Å². The summed E-state index contributed by atoms with van der Waals surface area (Å²) in [7, 11) is 0. The quantitative estimate of drug-likeness (QED) is 0.728. The van der Waals surface area contributed by atoms with Gasteiger partial charge >= 0.3 is 0 Å². The van der Waals surface area contributed by atoms with E-state index in [9.17, 15) is 0 Å². The van der Waals surface area contributed by atoms with E-state index in [1.54, 1.807) is 24.0 Å². The molecule has 7 nitrogen and oxygen atoms in total. The van der Waals surface area contributed by atoms with Gasteiger partial charge in [-0.1, -0.05) is 11.3 Å². The average Bonchev–Trinajstić information content (AvgIpc) is 3.00. The van der Waals surface area contributed by atoms with Gasteiger partial charge in [0.2, 0.25) is 10.4 Å². The molecule has 0 spiro atoms. The van der Waals surface area contributed by atoms with Crippen LogP contribution in [0.4, 0.5) is 0 Å². The molecule has 3 heterocycles. The number of aromatic nitrogens is 7. The molecule has 0 amide bonds. The highest BCUT2D eigenvalue weighted by molar-refractivity contribution is 8.00. The van der Waals surface area contributed by atoms with Crippen LogP contribution in [-0.2, 0) is 0 Å². The Morgan fingerprint density at radius 2 is 2.22 bits per heavy atom. The Bertz CT molecular complexity index is 640. The fourth-order valence-corrected chi connectivity index (χ4v) is 2.68. The second-order valence-electron chi connectivity index (χ2n) is 2.94. The molecule has 0 aliphatic carbocycles. The van der Waals surface area contributed by atoms with Crippen LogP contribution >= 0.6 is 34.7 Å². The lowest BCUT2D eigenvalue weighted by Crippen LogP contribution is -2.04. The lowest BCUT2D eigenvalue weighted by Gasteiger charge is -2.01. The summed E-state index contributed by atoms with van der Waals surface area (Å²) in [6.45, 7) is 0. The summed E-state index contributed by atoms with van der Waals surface area (Å²) in [5, 5.41) is 12.2. The lowest BCUT2D eigenvalue weighted by atomic mass is 10.7. The minimum atomic E-state index is 0.113. The number of rotatable bonds is 3. The van der Waals surface area contributed by atoms with Crippen LogP contribution < -0.4 is 0 Å². The average molecular weight is 298 g/mol. The van der Waals surface area contributed by atoms with Crippen LogP contribution in [0.2, 0.25) is 5.28 Å². The second kappa shape index (κ2) is 4.96. The molecule has 0 saturated carbocycles. The Morgan fingerprint density at radius 3 is 2.94 bits per heavy atom. The molecule has 3 aromatic rings. The van der Waals surface area contributed by atoms with E-state index < -0.39 is 0 Å². The van der Waals surface area contributed by atoms with E-state index in [1.807, 2.05) is 0 Å². The minimum Gasteiger partial charge on any atom is -0.206 e. The van der Waals surface area contributed by atoms with Crippen molar-refractivity contribution in [3.8, 4) is 5.95 Å². The molecule has 0 saturated heterocycles. The molecule has 0 bridgehead atoms. The standard InChI is InChI=1S/C8H4ClN7S2/c9-5-12-6(16-3-1-2-11-16)14-7(13-5)18-8-15-10-4-17-8/h1-4H. The Balaban J connectivity index is 1.96. The summed E-state index contributed by atoms with van der Waals surface area (Å²) in [5.74, 6) is 0.368. The Hall–Kier alpha value is -1.58. The van der Waals surface area contributed by atoms with Crippen molar-refractivity contribution < 1.29 is 0 Å². The van der Waals surface area contributed by atoms with Gasteiger partial charge in [0.1, 0.15) is 5.51 Å². The maximum atomic E-state index is 5.86. The van der Waals surface area contributed by atoms with E-state index in [4.69, 9.17) is 11.6 Å². The highest BCUT2D eigenvalue weighted by Crippen LogP contribution is 2.26. The number of hydrogen-bond donors (Lipinski definition) is 0. The van der Waals surface area contributed by atoms with Crippen molar-refractivity contribution in [3.63, 3.8) is 0 Å². The molecule has 0 aliphatic heterocycles. The first-order chi connectivity index (χ1) is 8.81. The highest BCUT2D eigenvalue weighted by atomic mass is 35.5. The molecule has 0 unspecified atom stereocenters. The minimum absolute atomic E-state index is 0.113. The Kier molecular flexibility index (Phi) is 3.17. The van der Waals surface area contributed by atoms with Crippen molar-refractivity contribution in [1.29, 1.82) is 0 Å². The summed E-state index contributed by atoms with van der Waals surface area (Å²) in [6.07, 6.45) is 3.36. The topological polar surface area (TPSA) is 82.3 Å². The van der Waals surface area contributed by atoms with E-state index in [1.165, 1.54) is 27.8 Å². The van der Waals surface area contributed by atoms with Crippen molar-refractivity contribution in [2.75, 3.05) is 0 Å². The number of nitrogens with zero attached hydrogens (tertiary/aromatic N) is 7. The predicted molar refractivity (Wildman–Crippen MR) is 66.0 cm³/mol. The third-order valence-corrected chi connectivity index (χ3v) is 3.62. The Labute approximate surface area is 114 Å². The van der Waals surface area contributed by atoms with E-state index in [0.717, 1.165) is 4.34 Å². The van der Waals surface area contributed by atoms with Crippen LogP contribution in [0.3, 0.4) is 0 Å². The van der Waals surface area contributed by atoms with Crippen LogP contribution in [0.5, 0.6) is 0 Å². The van der Waals surface area contributed by atoms with Crippen molar-refractivity contribution in [2.45, 2.75) is 9.50 Å². The molecule has 0 radical (unpaired) electrons. The highest BCUT2D eigenvalue weighted by Gasteiger charge is 2.10. The molecule has 0 fully saturated rings. The van der Waals surface area contributed by atoms with Gasteiger partial charge < -0.3 is 0 Å². The fraction of sp³-hybridized carbons (Fsp3) is 0. The van der Waals surface area contributed by atoms with Crippen molar-refractivity contribution in [1.82, 2.24) is 34.9 Å². The molecule has 18 heavy (non-hydrogen) atoms. The lowest BCUT2D eigenvalue weighted by molar-refractivity contribution is 0.758. The molecule has 0 N–H and O–H groups in total. The molecule has 90 valence electrons. The third kappa shape index (κ3) is 2.47. The summed E-state index contributed by atoms with van der Waals surface area (Å²) in [5.41, 5.74) is 1.64. The van der Waals surface area contributed by atoms with E-state index in [0.29, 0.717) is 11.1 Å². The van der Waals surface area contributed by atoms with Crippen LogP contribution in [0.15, 0.2) is 33.5 Å². The molecular formula is C8H4ClN7S2. The van der Waals surface area contributed by atoms with E-state index >= 15 is 0 Å². The molecule has 0 atom stereocenters. The van der Waals surface area contributed by atoms with Gasteiger partial charge in [0.15, 0.2) is 4.34 Å².